The molecule has 0 aliphatic carbocycles. The van der Waals surface area contributed by atoms with Crippen LogP contribution in [0.25, 0.3) is 0 Å². The van der Waals surface area contributed by atoms with E-state index in [9.17, 15) is 4.79 Å². The predicted octanol–water partition coefficient (Wildman–Crippen LogP) is 4.52. The number of nitrogens with zero attached hydrogens (tertiary/aromatic N) is 5. The monoisotopic (exact) mass is 480 g/mol. The van der Waals surface area contributed by atoms with Gasteiger partial charge in [0.25, 0.3) is 0 Å². The number of piperidine rings is 1. The highest BCUT2D eigenvalue weighted by Gasteiger charge is 2.33. The molecule has 0 bridgehead atoms. The Kier molecular flexibility index (Phi) is 6.48. The molecule has 0 atom stereocenters. The molecular formula is C21H26Cl2N6O3. The first-order chi connectivity index (χ1) is 15.2. The van der Waals surface area contributed by atoms with Gasteiger partial charge in [-0.3, -0.25) is 0 Å². The smallest absolute Gasteiger partial charge is 0.410 e. The molecule has 1 N–H and O–H groups in total. The lowest BCUT2D eigenvalue weighted by Gasteiger charge is -2.41. The van der Waals surface area contributed by atoms with E-state index >= 15 is 0 Å². The topological polar surface area (TPSA) is 92.7 Å². The van der Waals surface area contributed by atoms with Crippen molar-refractivity contribution in [3.05, 3.63) is 28.8 Å². The van der Waals surface area contributed by atoms with Gasteiger partial charge in [-0.15, -0.1) is 0 Å². The Morgan fingerprint density at radius 3 is 2.62 bits per heavy atom. The Morgan fingerprint density at radius 1 is 1.19 bits per heavy atom. The molecule has 0 aromatic carbocycles. The highest BCUT2D eigenvalue weighted by atomic mass is 35.5. The zero-order valence-electron chi connectivity index (χ0n) is 18.3. The van der Waals surface area contributed by atoms with Crippen molar-refractivity contribution in [2.75, 3.05) is 36.5 Å². The lowest BCUT2D eigenvalue weighted by atomic mass is 10.0. The summed E-state index contributed by atoms with van der Waals surface area (Å²) < 4.78 is 11.4. The second-order valence-corrected chi connectivity index (χ2v) is 9.46. The van der Waals surface area contributed by atoms with Crippen LogP contribution in [0.3, 0.4) is 0 Å². The second kappa shape index (κ2) is 9.15. The number of aromatic nitrogens is 3. The van der Waals surface area contributed by atoms with Crippen molar-refractivity contribution < 1.29 is 14.3 Å². The lowest BCUT2D eigenvalue weighted by molar-refractivity contribution is 0.0203. The molecule has 11 heteroatoms. The van der Waals surface area contributed by atoms with Gasteiger partial charge in [0.15, 0.2) is 16.8 Å². The fourth-order valence-electron chi connectivity index (χ4n) is 3.83. The average molecular weight is 481 g/mol. The second-order valence-electron chi connectivity index (χ2n) is 8.70. The van der Waals surface area contributed by atoms with Gasteiger partial charge in [-0.25, -0.2) is 19.7 Å². The Balaban J connectivity index is 1.49. The maximum absolute atomic E-state index is 12.4. The Labute approximate surface area is 197 Å². The number of ether oxygens (including phenoxy) is 2. The van der Waals surface area contributed by atoms with Crippen LogP contribution in [0, 0.1) is 0 Å². The number of amides is 1. The number of nitrogens with one attached hydrogen (secondary N) is 1. The van der Waals surface area contributed by atoms with E-state index < -0.39 is 5.60 Å². The number of fused-ring (bicyclic) bond motifs is 1. The number of halogens is 2. The van der Waals surface area contributed by atoms with E-state index in [2.05, 4.69) is 25.2 Å². The molecule has 4 rings (SSSR count). The van der Waals surface area contributed by atoms with E-state index in [0.717, 1.165) is 12.8 Å². The molecule has 0 saturated carbocycles. The molecule has 1 fully saturated rings. The average Bonchev–Trinajstić information content (AvgIpc) is 2.75. The van der Waals surface area contributed by atoms with E-state index in [-0.39, 0.29) is 17.3 Å². The van der Waals surface area contributed by atoms with Gasteiger partial charge in [0.05, 0.1) is 17.3 Å². The predicted molar refractivity (Wildman–Crippen MR) is 123 cm³/mol. The number of likely N-dealkylation sites (tertiary alicyclic amines) is 1. The molecule has 4 heterocycles. The minimum atomic E-state index is -0.503. The number of carbonyl (C=O) groups is 1. The van der Waals surface area contributed by atoms with Crippen LogP contribution >= 0.6 is 23.2 Å². The Bertz CT molecular complexity index is 972. The first kappa shape index (κ1) is 22.7. The number of hydrogen-bond donors (Lipinski definition) is 1. The number of anilines is 3. The summed E-state index contributed by atoms with van der Waals surface area (Å²) in [5.74, 6) is 1.73. The first-order valence-electron chi connectivity index (χ1n) is 10.5. The SMILES string of the molecule is CC(C)(C)OC(=O)N1CCC(N2CCOc3c(Nc4c(Cl)ccnc4Cl)ncnc32)CC1. The molecule has 1 saturated heterocycles. The summed E-state index contributed by atoms with van der Waals surface area (Å²) in [5.41, 5.74) is -0.0413. The van der Waals surface area contributed by atoms with Gasteiger partial charge in [-0.2, -0.15) is 0 Å². The van der Waals surface area contributed by atoms with Crippen molar-refractivity contribution in [1.82, 2.24) is 19.9 Å². The molecule has 0 unspecified atom stereocenters. The van der Waals surface area contributed by atoms with Gasteiger partial charge in [-0.1, -0.05) is 23.2 Å². The van der Waals surface area contributed by atoms with Crippen LogP contribution in [-0.4, -0.2) is 63.8 Å². The van der Waals surface area contributed by atoms with Crippen LogP contribution in [-0.2, 0) is 4.74 Å². The van der Waals surface area contributed by atoms with E-state index in [0.29, 0.717) is 54.3 Å². The summed E-state index contributed by atoms with van der Waals surface area (Å²) in [6.45, 7) is 8.08. The number of pyridine rings is 1. The molecular weight excluding hydrogens is 455 g/mol. The van der Waals surface area contributed by atoms with Gasteiger partial charge in [-0.05, 0) is 39.7 Å². The summed E-state index contributed by atoms with van der Waals surface area (Å²) in [7, 11) is 0. The summed E-state index contributed by atoms with van der Waals surface area (Å²) in [4.78, 5) is 29.3. The molecule has 2 aliphatic rings. The maximum atomic E-state index is 12.4. The molecule has 0 radical (unpaired) electrons. The Morgan fingerprint density at radius 2 is 1.94 bits per heavy atom. The van der Waals surface area contributed by atoms with E-state index in [1.54, 1.807) is 11.0 Å². The fraction of sp³-hybridized carbons (Fsp3) is 0.524. The van der Waals surface area contributed by atoms with Crippen LogP contribution in [0.15, 0.2) is 18.6 Å². The highest BCUT2D eigenvalue weighted by Crippen LogP contribution is 2.40. The standard InChI is InChI=1S/C21H26Cl2N6O3/c1-21(2,3)32-20(30)28-8-5-13(6-9-28)29-10-11-31-16-18(25-12-26-19(16)29)27-15-14(22)4-7-24-17(15)23/h4,7,12-13H,5-6,8-11H2,1-3H3,(H,25,26,27). The molecule has 32 heavy (non-hydrogen) atoms. The fourth-order valence-corrected chi connectivity index (χ4v) is 4.28. The van der Waals surface area contributed by atoms with E-state index in [1.807, 2.05) is 20.8 Å². The van der Waals surface area contributed by atoms with Gasteiger partial charge >= 0.3 is 6.09 Å². The summed E-state index contributed by atoms with van der Waals surface area (Å²) in [6, 6.07) is 1.87. The van der Waals surface area contributed by atoms with Crippen molar-refractivity contribution in [2.24, 2.45) is 0 Å². The van der Waals surface area contributed by atoms with Gasteiger partial charge in [0.1, 0.15) is 18.5 Å². The summed E-state index contributed by atoms with van der Waals surface area (Å²) >= 11 is 12.5. The normalized spacial score (nSPS) is 16.9. The maximum Gasteiger partial charge on any atom is 0.410 e. The minimum Gasteiger partial charge on any atom is -0.485 e. The minimum absolute atomic E-state index is 0.227. The number of carbonyl (C=O) groups excluding carboxylic acids is 1. The van der Waals surface area contributed by atoms with Crippen LogP contribution in [0.1, 0.15) is 33.6 Å². The van der Waals surface area contributed by atoms with Crippen molar-refractivity contribution in [2.45, 2.75) is 45.3 Å². The first-order valence-corrected chi connectivity index (χ1v) is 11.3. The third-order valence-electron chi connectivity index (χ3n) is 5.29. The molecule has 9 nitrogen and oxygen atoms in total. The van der Waals surface area contributed by atoms with Crippen LogP contribution in [0.4, 0.5) is 22.1 Å². The third kappa shape index (κ3) is 4.94. The van der Waals surface area contributed by atoms with Crippen LogP contribution in [0.2, 0.25) is 10.2 Å². The van der Waals surface area contributed by atoms with Crippen molar-refractivity contribution in [3.8, 4) is 5.75 Å². The molecule has 2 aromatic heterocycles. The summed E-state index contributed by atoms with van der Waals surface area (Å²) in [5, 5.41) is 3.81. The third-order valence-corrected chi connectivity index (χ3v) is 5.89. The van der Waals surface area contributed by atoms with Gasteiger partial charge in [0, 0.05) is 25.3 Å². The van der Waals surface area contributed by atoms with Crippen molar-refractivity contribution in [3.63, 3.8) is 0 Å². The van der Waals surface area contributed by atoms with Crippen LogP contribution in [0.5, 0.6) is 5.75 Å². The lowest BCUT2D eigenvalue weighted by Crippen LogP contribution is -2.50. The number of rotatable bonds is 3. The van der Waals surface area contributed by atoms with E-state index in [1.165, 1.54) is 12.5 Å². The molecule has 1 amide bonds. The summed E-state index contributed by atoms with van der Waals surface area (Å²) in [6.07, 6.45) is 4.37. The van der Waals surface area contributed by atoms with Crippen LogP contribution < -0.4 is 15.0 Å². The van der Waals surface area contributed by atoms with E-state index in [4.69, 9.17) is 32.7 Å². The zero-order chi connectivity index (χ0) is 22.9. The van der Waals surface area contributed by atoms with Gasteiger partial charge in [0.2, 0.25) is 5.75 Å². The molecule has 2 aliphatic heterocycles. The van der Waals surface area contributed by atoms with Crippen molar-refractivity contribution >= 4 is 46.6 Å². The van der Waals surface area contributed by atoms with Gasteiger partial charge < -0.3 is 24.6 Å². The van der Waals surface area contributed by atoms with Crippen molar-refractivity contribution in [1.29, 1.82) is 0 Å². The highest BCUT2D eigenvalue weighted by molar-refractivity contribution is 6.38. The Hall–Kier alpha value is -2.52. The zero-order valence-corrected chi connectivity index (χ0v) is 19.8. The number of hydrogen-bond acceptors (Lipinski definition) is 8. The molecule has 2 aromatic rings. The molecule has 0 spiro atoms. The molecule has 172 valence electrons. The largest absolute Gasteiger partial charge is 0.485 e. The quantitative estimate of drug-likeness (QED) is 0.640.